The normalized spacial score (nSPS) is 29.6. The zero-order valence-electron chi connectivity index (χ0n) is 19.8. The largest absolute Gasteiger partial charge is 0.493 e. The SMILES string of the molecule is COc1ccc([C@@H]2c3sc(=O)n(CC(=O)N4CCCCC4)c3S[C@@H]3[C@H]4CC[C@@H](C4)[C@@H]23)cc1OC. The summed E-state index contributed by atoms with van der Waals surface area (Å²) in [6.45, 7) is 1.80. The van der Waals surface area contributed by atoms with Gasteiger partial charge in [-0.05, 0) is 74.0 Å². The van der Waals surface area contributed by atoms with Crippen LogP contribution in [-0.4, -0.2) is 47.9 Å². The predicted octanol–water partition coefficient (Wildman–Crippen LogP) is 4.59. The Hall–Kier alpha value is -1.93. The summed E-state index contributed by atoms with van der Waals surface area (Å²) in [6, 6.07) is 6.22. The molecule has 3 heterocycles. The topological polar surface area (TPSA) is 60.8 Å². The number of carbonyl (C=O) groups excluding carboxylic acids is 1. The van der Waals surface area contributed by atoms with Gasteiger partial charge in [0.1, 0.15) is 6.54 Å². The molecule has 2 aliphatic heterocycles. The number of piperidine rings is 1. The third-order valence-corrected chi connectivity index (χ3v) is 11.3. The maximum Gasteiger partial charge on any atom is 0.308 e. The number of carbonyl (C=O) groups is 1. The average Bonchev–Trinajstić information content (AvgIpc) is 3.57. The molecule has 1 aromatic carbocycles. The molecule has 2 saturated carbocycles. The summed E-state index contributed by atoms with van der Waals surface area (Å²) in [5.74, 6) is 3.64. The van der Waals surface area contributed by atoms with Gasteiger partial charge in [0.15, 0.2) is 11.5 Å². The smallest absolute Gasteiger partial charge is 0.308 e. The highest BCUT2D eigenvalue weighted by Crippen LogP contribution is 2.64. The first kappa shape index (κ1) is 22.5. The number of ether oxygens (including phenoxy) is 2. The first-order valence-corrected chi connectivity index (χ1v) is 14.2. The fourth-order valence-electron chi connectivity index (χ4n) is 6.89. The fraction of sp³-hybridized carbons (Fsp3) is 0.615. The van der Waals surface area contributed by atoms with Gasteiger partial charge < -0.3 is 14.4 Å². The molecule has 2 aliphatic carbocycles. The van der Waals surface area contributed by atoms with Crippen molar-refractivity contribution < 1.29 is 14.3 Å². The van der Waals surface area contributed by atoms with E-state index in [1.54, 1.807) is 18.8 Å². The Balaban J connectivity index is 1.41. The van der Waals surface area contributed by atoms with Gasteiger partial charge in [-0.15, -0.1) is 11.8 Å². The van der Waals surface area contributed by atoms with Crippen LogP contribution < -0.4 is 14.3 Å². The lowest BCUT2D eigenvalue weighted by molar-refractivity contribution is -0.132. The molecule has 0 unspecified atom stereocenters. The highest BCUT2D eigenvalue weighted by Gasteiger charge is 2.55. The van der Waals surface area contributed by atoms with E-state index in [9.17, 15) is 9.59 Å². The van der Waals surface area contributed by atoms with Crippen molar-refractivity contribution in [3.8, 4) is 11.5 Å². The van der Waals surface area contributed by atoms with Gasteiger partial charge in [0.05, 0.1) is 19.2 Å². The van der Waals surface area contributed by atoms with Crippen molar-refractivity contribution >= 4 is 29.0 Å². The van der Waals surface area contributed by atoms with Gasteiger partial charge in [-0.25, -0.2) is 0 Å². The Morgan fingerprint density at radius 2 is 1.82 bits per heavy atom. The van der Waals surface area contributed by atoms with Gasteiger partial charge in [-0.2, -0.15) is 0 Å². The average molecular weight is 501 g/mol. The number of aromatic nitrogens is 1. The Morgan fingerprint density at radius 3 is 2.59 bits per heavy atom. The van der Waals surface area contributed by atoms with E-state index in [0.29, 0.717) is 23.0 Å². The number of rotatable bonds is 5. The lowest BCUT2D eigenvalue weighted by Gasteiger charge is -2.40. The van der Waals surface area contributed by atoms with Crippen molar-refractivity contribution in [2.45, 2.75) is 61.3 Å². The molecule has 0 spiro atoms. The number of amides is 1. The molecule has 8 heteroatoms. The molecule has 6 rings (SSSR count). The minimum Gasteiger partial charge on any atom is -0.493 e. The van der Waals surface area contributed by atoms with Gasteiger partial charge in [-0.1, -0.05) is 17.4 Å². The van der Waals surface area contributed by atoms with Crippen LogP contribution in [-0.2, 0) is 11.3 Å². The Kier molecular flexibility index (Phi) is 5.92. The monoisotopic (exact) mass is 500 g/mol. The number of thioether (sulfide) groups is 1. The number of fused-ring (bicyclic) bond motifs is 6. The highest BCUT2D eigenvalue weighted by molar-refractivity contribution is 8.00. The molecule has 1 amide bonds. The number of nitrogens with zero attached hydrogens (tertiary/aromatic N) is 2. The molecule has 0 radical (unpaired) electrons. The molecule has 1 aromatic heterocycles. The van der Waals surface area contributed by atoms with E-state index in [1.807, 2.05) is 22.7 Å². The lowest BCUT2D eigenvalue weighted by Crippen LogP contribution is -2.39. The molecular weight excluding hydrogens is 468 g/mol. The van der Waals surface area contributed by atoms with Crippen LogP contribution in [0.3, 0.4) is 0 Å². The molecule has 5 atom stereocenters. The standard InChI is InChI=1S/C26H32N2O4S2/c1-31-18-9-8-16(13-19(18)32-2)22-21-15-6-7-17(12-15)23(21)33-25-24(22)34-26(30)28(25)14-20(29)27-10-4-3-5-11-27/h8-9,13,15,17,21-23H,3-7,10-12,14H2,1-2H3/t15-,17-,21-,22-,23+/m0/s1. The first-order chi connectivity index (χ1) is 16.6. The molecule has 182 valence electrons. The van der Waals surface area contributed by atoms with Crippen LogP contribution in [0, 0.1) is 17.8 Å². The molecule has 2 aromatic rings. The van der Waals surface area contributed by atoms with Crippen molar-refractivity contribution in [2.75, 3.05) is 27.3 Å². The maximum atomic E-state index is 13.3. The minimum absolute atomic E-state index is 0.000608. The van der Waals surface area contributed by atoms with Crippen LogP contribution in [0.15, 0.2) is 28.0 Å². The Labute approximate surface area is 208 Å². The van der Waals surface area contributed by atoms with Gasteiger partial charge in [0.2, 0.25) is 5.91 Å². The van der Waals surface area contributed by atoms with Gasteiger partial charge in [0, 0.05) is 29.1 Å². The molecule has 3 fully saturated rings. The molecular formula is C26H32N2O4S2. The number of likely N-dealkylation sites (tertiary alicyclic amines) is 1. The maximum absolute atomic E-state index is 13.3. The second-order valence-electron chi connectivity index (χ2n) is 10.2. The third-order valence-electron chi connectivity index (χ3n) is 8.46. The number of methoxy groups -OCH3 is 2. The van der Waals surface area contributed by atoms with Crippen LogP contribution in [0.4, 0.5) is 0 Å². The van der Waals surface area contributed by atoms with Crippen molar-refractivity contribution in [1.29, 1.82) is 0 Å². The predicted molar refractivity (Wildman–Crippen MR) is 134 cm³/mol. The third kappa shape index (κ3) is 3.60. The van der Waals surface area contributed by atoms with Crippen LogP contribution in [0.5, 0.6) is 11.5 Å². The number of hydrogen-bond acceptors (Lipinski definition) is 6. The fourth-order valence-corrected chi connectivity index (χ4v) is 10.0. The van der Waals surface area contributed by atoms with Crippen molar-refractivity contribution in [2.24, 2.45) is 17.8 Å². The summed E-state index contributed by atoms with van der Waals surface area (Å²) in [6.07, 6.45) is 7.17. The quantitative estimate of drug-likeness (QED) is 0.601. The van der Waals surface area contributed by atoms with E-state index in [4.69, 9.17) is 9.47 Å². The minimum atomic E-state index is 0.000608. The summed E-state index contributed by atoms with van der Waals surface area (Å²) in [4.78, 5) is 29.5. The van der Waals surface area contributed by atoms with Crippen molar-refractivity contribution in [1.82, 2.24) is 9.47 Å². The summed E-state index contributed by atoms with van der Waals surface area (Å²) in [5, 5.41) is 1.55. The molecule has 34 heavy (non-hydrogen) atoms. The van der Waals surface area contributed by atoms with Crippen LogP contribution in [0.2, 0.25) is 0 Å². The first-order valence-electron chi connectivity index (χ1n) is 12.5. The van der Waals surface area contributed by atoms with E-state index < -0.39 is 0 Å². The van der Waals surface area contributed by atoms with Gasteiger partial charge >= 0.3 is 4.87 Å². The zero-order valence-corrected chi connectivity index (χ0v) is 21.5. The zero-order chi connectivity index (χ0) is 23.4. The van der Waals surface area contributed by atoms with Crippen LogP contribution in [0.1, 0.15) is 54.9 Å². The Bertz CT molecular complexity index is 1150. The number of hydrogen-bond donors (Lipinski definition) is 0. The van der Waals surface area contributed by atoms with Crippen LogP contribution >= 0.6 is 23.1 Å². The summed E-state index contributed by atoms with van der Waals surface area (Å²) >= 11 is 3.24. The molecule has 6 nitrogen and oxygen atoms in total. The molecule has 4 aliphatic rings. The summed E-state index contributed by atoms with van der Waals surface area (Å²) in [5.41, 5.74) is 1.19. The summed E-state index contributed by atoms with van der Waals surface area (Å²) in [7, 11) is 3.33. The van der Waals surface area contributed by atoms with Gasteiger partial charge in [-0.3, -0.25) is 14.2 Å². The molecule has 0 N–H and O–H groups in total. The van der Waals surface area contributed by atoms with Crippen molar-refractivity contribution in [3.05, 3.63) is 38.3 Å². The van der Waals surface area contributed by atoms with E-state index in [1.165, 1.54) is 42.6 Å². The van der Waals surface area contributed by atoms with Crippen LogP contribution in [0.25, 0.3) is 0 Å². The number of benzene rings is 1. The van der Waals surface area contributed by atoms with E-state index in [0.717, 1.165) is 47.3 Å². The lowest BCUT2D eigenvalue weighted by atomic mass is 9.75. The highest BCUT2D eigenvalue weighted by atomic mass is 32.2. The molecule has 1 saturated heterocycles. The van der Waals surface area contributed by atoms with E-state index >= 15 is 0 Å². The summed E-state index contributed by atoms with van der Waals surface area (Å²) < 4.78 is 12.9. The second-order valence-corrected chi connectivity index (χ2v) is 12.3. The van der Waals surface area contributed by atoms with E-state index in [-0.39, 0.29) is 23.2 Å². The Morgan fingerprint density at radius 1 is 1.06 bits per heavy atom. The van der Waals surface area contributed by atoms with E-state index in [2.05, 4.69) is 12.1 Å². The second kappa shape index (κ2) is 8.94. The van der Waals surface area contributed by atoms with Crippen molar-refractivity contribution in [3.63, 3.8) is 0 Å². The molecule has 2 bridgehead atoms. The number of thiazole rings is 1. The van der Waals surface area contributed by atoms with Gasteiger partial charge in [0.25, 0.3) is 0 Å².